The smallest absolute Gasteiger partial charge is 0.266 e. The van der Waals surface area contributed by atoms with Gasteiger partial charge in [-0.2, -0.15) is 5.10 Å². The molecule has 82 valence electrons. The van der Waals surface area contributed by atoms with Gasteiger partial charge in [-0.1, -0.05) is 18.2 Å². The molecule has 0 bridgehead atoms. The molecule has 16 heavy (non-hydrogen) atoms. The molecule has 0 aromatic carbocycles. The number of thiophene rings is 1. The van der Waals surface area contributed by atoms with E-state index in [0.717, 1.165) is 18.6 Å². The van der Waals surface area contributed by atoms with E-state index in [1.807, 2.05) is 11.4 Å². The fourth-order valence-corrected chi connectivity index (χ4v) is 2.86. The highest BCUT2D eigenvalue weighted by molar-refractivity contribution is 7.12. The first-order valence-corrected chi connectivity index (χ1v) is 6.29. The van der Waals surface area contributed by atoms with E-state index >= 15 is 0 Å². The maximum Gasteiger partial charge on any atom is 0.281 e. The zero-order valence-electron chi connectivity index (χ0n) is 8.72. The summed E-state index contributed by atoms with van der Waals surface area (Å²) in [6.07, 6.45) is 6.55. The van der Waals surface area contributed by atoms with Crippen LogP contribution in [0.15, 0.2) is 34.8 Å². The van der Waals surface area contributed by atoms with Crippen molar-refractivity contribution in [1.29, 1.82) is 0 Å². The molecule has 3 nitrogen and oxygen atoms in total. The first kappa shape index (κ1) is 9.78. The number of hydrazone groups is 1. The highest BCUT2D eigenvalue weighted by atomic mass is 32.1. The molecule has 1 aromatic heterocycles. The Labute approximate surface area is 97.9 Å². The zero-order chi connectivity index (χ0) is 11.0. The van der Waals surface area contributed by atoms with Gasteiger partial charge in [0.15, 0.2) is 0 Å². The Balaban J connectivity index is 1.61. The second kappa shape index (κ2) is 3.87. The van der Waals surface area contributed by atoms with Gasteiger partial charge in [0.05, 0.1) is 4.88 Å². The Kier molecular flexibility index (Phi) is 2.36. The zero-order valence-corrected chi connectivity index (χ0v) is 9.54. The Hall–Kier alpha value is -1.42. The summed E-state index contributed by atoms with van der Waals surface area (Å²) < 4.78 is 0. The van der Waals surface area contributed by atoms with Crippen LogP contribution in [0.25, 0.3) is 0 Å². The van der Waals surface area contributed by atoms with Gasteiger partial charge in [-0.25, -0.2) is 5.43 Å². The summed E-state index contributed by atoms with van der Waals surface area (Å²) in [5.74, 6) is 1.14. The molecule has 2 aliphatic carbocycles. The molecule has 1 saturated carbocycles. The third kappa shape index (κ3) is 1.59. The molecule has 0 radical (unpaired) electrons. The number of hydrogen-bond acceptors (Lipinski definition) is 3. The molecule has 0 saturated heterocycles. The normalized spacial score (nSPS) is 28.9. The number of fused-ring (bicyclic) bond motifs is 1. The summed E-state index contributed by atoms with van der Waals surface area (Å²) in [4.78, 5) is 12.3. The van der Waals surface area contributed by atoms with E-state index in [4.69, 9.17) is 0 Å². The quantitative estimate of drug-likeness (QED) is 0.617. The number of carbonyl (C=O) groups excluding carboxylic acids is 1. The van der Waals surface area contributed by atoms with Gasteiger partial charge < -0.3 is 0 Å². The number of nitrogens with zero attached hydrogens (tertiary/aromatic N) is 1. The molecule has 0 spiro atoms. The lowest BCUT2D eigenvalue weighted by Gasteiger charge is -2.31. The molecule has 3 rings (SSSR count). The third-order valence-corrected chi connectivity index (χ3v) is 4.08. The maximum absolute atomic E-state index is 11.6. The summed E-state index contributed by atoms with van der Waals surface area (Å²) in [7, 11) is 0. The van der Waals surface area contributed by atoms with Crippen molar-refractivity contribution in [1.82, 2.24) is 5.43 Å². The van der Waals surface area contributed by atoms with Gasteiger partial charge >= 0.3 is 0 Å². The van der Waals surface area contributed by atoms with Crippen LogP contribution >= 0.6 is 11.3 Å². The Morgan fingerprint density at radius 3 is 3.25 bits per heavy atom. The van der Waals surface area contributed by atoms with Crippen LogP contribution in [0.1, 0.15) is 22.5 Å². The lowest BCUT2D eigenvalue weighted by Crippen LogP contribution is -2.35. The molecule has 1 heterocycles. The van der Waals surface area contributed by atoms with E-state index in [-0.39, 0.29) is 5.91 Å². The molecular formula is C12H12N2OS. The van der Waals surface area contributed by atoms with Crippen LogP contribution in [0.2, 0.25) is 0 Å². The van der Waals surface area contributed by atoms with Crippen LogP contribution in [0, 0.1) is 11.8 Å². The van der Waals surface area contributed by atoms with Crippen molar-refractivity contribution in [2.24, 2.45) is 16.9 Å². The topological polar surface area (TPSA) is 41.5 Å². The van der Waals surface area contributed by atoms with Gasteiger partial charge in [0.25, 0.3) is 5.91 Å². The first-order valence-electron chi connectivity index (χ1n) is 5.41. The SMILES string of the molecule is O=C(N/N=C1\C[C@H]2C=CC[C@H]12)c1cccs1. The van der Waals surface area contributed by atoms with Gasteiger partial charge in [-0.3, -0.25) is 4.79 Å². The number of rotatable bonds is 2. The van der Waals surface area contributed by atoms with Crippen molar-refractivity contribution in [3.05, 3.63) is 34.5 Å². The molecule has 0 unspecified atom stereocenters. The summed E-state index contributed by atoms with van der Waals surface area (Å²) in [6.45, 7) is 0. The minimum absolute atomic E-state index is 0.100. The standard InChI is InChI=1S/C12H12N2OS/c15-12(11-5-2-6-16-11)14-13-10-7-8-3-1-4-9(8)10/h1-3,5-6,8-9H,4,7H2,(H,14,15)/b13-10+/t8-,9+/m1/s1. The largest absolute Gasteiger partial charge is 0.281 e. The second-order valence-electron chi connectivity index (χ2n) is 4.16. The van der Waals surface area contributed by atoms with Gasteiger partial charge in [0, 0.05) is 11.6 Å². The first-order chi connectivity index (χ1) is 7.84. The highest BCUT2D eigenvalue weighted by Gasteiger charge is 2.37. The van der Waals surface area contributed by atoms with Crippen molar-refractivity contribution in [3.63, 3.8) is 0 Å². The predicted octanol–water partition coefficient (Wildman–Crippen LogP) is 2.43. The van der Waals surface area contributed by atoms with Gasteiger partial charge in [-0.15, -0.1) is 11.3 Å². The summed E-state index contributed by atoms with van der Waals surface area (Å²) >= 11 is 1.43. The van der Waals surface area contributed by atoms with Crippen molar-refractivity contribution in [2.45, 2.75) is 12.8 Å². The molecule has 1 amide bonds. The van der Waals surface area contributed by atoms with E-state index in [9.17, 15) is 4.79 Å². The summed E-state index contributed by atoms with van der Waals surface area (Å²) in [5, 5.41) is 6.10. The molecule has 1 fully saturated rings. The molecular weight excluding hydrogens is 220 g/mol. The van der Waals surface area contributed by atoms with Crippen LogP contribution in [0.5, 0.6) is 0 Å². The number of hydrogen-bond donors (Lipinski definition) is 1. The minimum atomic E-state index is -0.100. The lowest BCUT2D eigenvalue weighted by molar-refractivity contribution is 0.0958. The van der Waals surface area contributed by atoms with E-state index in [2.05, 4.69) is 22.7 Å². The van der Waals surface area contributed by atoms with E-state index in [1.165, 1.54) is 11.3 Å². The van der Waals surface area contributed by atoms with Crippen LogP contribution in [0.4, 0.5) is 0 Å². The fraction of sp³-hybridized carbons (Fsp3) is 0.333. The molecule has 2 aliphatic rings. The second-order valence-corrected chi connectivity index (χ2v) is 5.11. The van der Waals surface area contributed by atoms with Crippen LogP contribution in [0.3, 0.4) is 0 Å². The van der Waals surface area contributed by atoms with Crippen molar-refractivity contribution < 1.29 is 4.79 Å². The minimum Gasteiger partial charge on any atom is -0.266 e. The predicted molar refractivity (Wildman–Crippen MR) is 64.6 cm³/mol. The number of amides is 1. The number of nitrogens with one attached hydrogen (secondary N) is 1. The van der Waals surface area contributed by atoms with Gasteiger partial charge in [-0.05, 0) is 30.2 Å². The van der Waals surface area contributed by atoms with E-state index in [1.54, 1.807) is 6.07 Å². The van der Waals surface area contributed by atoms with Crippen molar-refractivity contribution in [3.8, 4) is 0 Å². The number of allylic oxidation sites excluding steroid dienone is 2. The monoisotopic (exact) mass is 232 g/mol. The fourth-order valence-electron chi connectivity index (χ4n) is 2.25. The molecule has 2 atom stereocenters. The average molecular weight is 232 g/mol. The molecule has 1 aromatic rings. The lowest BCUT2D eigenvalue weighted by atomic mass is 9.74. The van der Waals surface area contributed by atoms with E-state index < -0.39 is 0 Å². The molecule has 4 heteroatoms. The van der Waals surface area contributed by atoms with Crippen LogP contribution < -0.4 is 5.43 Å². The third-order valence-electron chi connectivity index (χ3n) is 3.21. The maximum atomic E-state index is 11.6. The van der Waals surface area contributed by atoms with Crippen molar-refractivity contribution in [2.75, 3.05) is 0 Å². The molecule has 1 N–H and O–H groups in total. The van der Waals surface area contributed by atoms with Gasteiger partial charge in [0.2, 0.25) is 0 Å². The Morgan fingerprint density at radius 2 is 2.50 bits per heavy atom. The number of carbonyl (C=O) groups is 1. The highest BCUT2D eigenvalue weighted by Crippen LogP contribution is 2.40. The van der Waals surface area contributed by atoms with Crippen LogP contribution in [-0.4, -0.2) is 11.6 Å². The van der Waals surface area contributed by atoms with E-state index in [0.29, 0.717) is 16.7 Å². The Bertz CT molecular complexity index is 461. The average Bonchev–Trinajstić information content (AvgIpc) is 2.88. The summed E-state index contributed by atoms with van der Waals surface area (Å²) in [5.41, 5.74) is 3.77. The Morgan fingerprint density at radius 1 is 1.56 bits per heavy atom. The van der Waals surface area contributed by atoms with Gasteiger partial charge in [0.1, 0.15) is 0 Å². The van der Waals surface area contributed by atoms with Crippen molar-refractivity contribution >= 4 is 23.0 Å². The summed E-state index contributed by atoms with van der Waals surface area (Å²) in [6, 6.07) is 3.67. The molecule has 0 aliphatic heterocycles. The van der Waals surface area contributed by atoms with Crippen LogP contribution in [-0.2, 0) is 0 Å².